The molecule has 1 fully saturated rings. The maximum absolute atomic E-state index is 15.1. The van der Waals surface area contributed by atoms with E-state index in [1.54, 1.807) is 6.07 Å². The van der Waals surface area contributed by atoms with Crippen LogP contribution in [0.5, 0.6) is 0 Å². The molecule has 1 aromatic heterocycles. The van der Waals surface area contributed by atoms with Crippen molar-refractivity contribution < 1.29 is 44.8 Å². The van der Waals surface area contributed by atoms with Gasteiger partial charge in [-0.15, -0.1) is 0 Å². The maximum atomic E-state index is 15.1. The summed E-state index contributed by atoms with van der Waals surface area (Å²) in [7, 11) is -4.35. The first kappa shape index (κ1) is 31.0. The van der Waals surface area contributed by atoms with Crippen LogP contribution in [0.15, 0.2) is 41.5 Å². The van der Waals surface area contributed by atoms with E-state index in [2.05, 4.69) is 15.1 Å². The van der Waals surface area contributed by atoms with E-state index in [0.717, 1.165) is 36.7 Å². The lowest BCUT2D eigenvalue weighted by Crippen LogP contribution is -2.51. The molecule has 1 aliphatic rings. The second kappa shape index (κ2) is 11.4. The van der Waals surface area contributed by atoms with Crippen molar-refractivity contribution in [3.8, 4) is 11.1 Å². The number of hydrogen-bond donors (Lipinski definition) is 2. The van der Waals surface area contributed by atoms with Gasteiger partial charge < -0.3 is 10.2 Å². The van der Waals surface area contributed by atoms with Crippen molar-refractivity contribution in [2.24, 2.45) is 0 Å². The lowest BCUT2D eigenvalue weighted by molar-refractivity contribution is -0.207. The molecule has 0 saturated heterocycles. The zero-order valence-electron chi connectivity index (χ0n) is 22.2. The number of hydrogen-bond acceptors (Lipinski definition) is 8. The number of aromatic nitrogens is 2. The number of benzene rings is 2. The molecule has 1 atom stereocenters. The average molecular weight is 617 g/mol. The van der Waals surface area contributed by atoms with Gasteiger partial charge in [-0.3, -0.25) is 14.2 Å². The van der Waals surface area contributed by atoms with Gasteiger partial charge in [-0.25, -0.2) is 27.0 Å². The Balaban J connectivity index is 1.56. The summed E-state index contributed by atoms with van der Waals surface area (Å²) in [6.45, 7) is 0.828. The lowest BCUT2D eigenvalue weighted by Gasteiger charge is -2.26. The molecule has 3 aromatic rings. The highest BCUT2D eigenvalue weighted by molar-refractivity contribution is 7.92. The van der Waals surface area contributed by atoms with E-state index in [4.69, 9.17) is 0 Å². The number of sulfone groups is 1. The summed E-state index contributed by atoms with van der Waals surface area (Å²) in [6, 6.07) is 6.84. The molecule has 2 aromatic carbocycles. The third-order valence-corrected chi connectivity index (χ3v) is 9.03. The Morgan fingerprint density at radius 3 is 2.36 bits per heavy atom. The molecular weight excluding hydrogens is 591 g/mol. The number of carbonyl (C=O) groups excluding carboxylic acids is 2. The first-order chi connectivity index (χ1) is 19.5. The number of nitrogens with zero attached hydrogens (tertiary/aromatic N) is 2. The normalized spacial score (nSPS) is 15.3. The highest BCUT2D eigenvalue weighted by atomic mass is 32.2. The van der Waals surface area contributed by atoms with E-state index < -0.39 is 62.8 Å². The van der Waals surface area contributed by atoms with Crippen LogP contribution in [0.2, 0.25) is 0 Å². The Morgan fingerprint density at radius 1 is 1.10 bits per heavy atom. The van der Waals surface area contributed by atoms with Gasteiger partial charge in [0.25, 0.3) is 11.5 Å². The molecule has 1 heterocycles. The van der Waals surface area contributed by atoms with Crippen LogP contribution >= 0.6 is 0 Å². The fraction of sp³-hybridized carbons (Fsp3) is 0.385. The van der Waals surface area contributed by atoms with Gasteiger partial charge >= 0.3 is 12.1 Å². The Bertz CT molecular complexity index is 1720. The average Bonchev–Trinajstić information content (AvgIpc) is 3.73. The van der Waals surface area contributed by atoms with Crippen LogP contribution in [0, 0.1) is 11.6 Å². The highest BCUT2D eigenvalue weighted by Crippen LogP contribution is 2.30. The molecule has 1 amide bonds. The Hall–Kier alpha value is -3.92. The number of aryl methyl sites for hydroxylation is 1. The minimum atomic E-state index is -5.45. The van der Waals surface area contributed by atoms with Gasteiger partial charge in [-0.05, 0) is 49.9 Å². The molecule has 0 aliphatic heterocycles. The number of fused-ring (bicyclic) bond motifs is 1. The van der Waals surface area contributed by atoms with Gasteiger partial charge in [-0.1, -0.05) is 12.1 Å². The van der Waals surface area contributed by atoms with Crippen LogP contribution < -0.4 is 16.4 Å². The van der Waals surface area contributed by atoms with E-state index in [1.807, 2.05) is 0 Å². The third-order valence-electron chi connectivity index (χ3n) is 7.01. The molecule has 16 heteroatoms. The molecule has 4 rings (SSSR count). The van der Waals surface area contributed by atoms with Crippen LogP contribution in [0.4, 0.5) is 22.0 Å². The third kappa shape index (κ3) is 6.59. The van der Waals surface area contributed by atoms with Crippen molar-refractivity contribution in [2.75, 3.05) is 6.26 Å². The number of hydroxylamine groups is 1. The standard InChI is InChI=1S/C26H25F5N4O6S/c1-25(42(2,39)40,23(37)34-41-24(38)26(29,30)31)7-8-35-13-33-21-11-17(20(28)10-18(21)22(35)36)16-6-3-14(9-19(16)27)12-32-15-4-5-15/h3,6,9-11,13,15,32H,4-5,7-8,12H2,1-2H3,(H,34,37)/t25-/m1/s1. The molecule has 1 saturated carbocycles. The van der Waals surface area contributed by atoms with Crippen molar-refractivity contribution in [1.29, 1.82) is 0 Å². The molecule has 0 spiro atoms. The van der Waals surface area contributed by atoms with Crippen molar-refractivity contribution in [1.82, 2.24) is 20.3 Å². The summed E-state index contributed by atoms with van der Waals surface area (Å²) in [4.78, 5) is 44.2. The monoisotopic (exact) mass is 616 g/mol. The Labute approximate surface area is 235 Å². The van der Waals surface area contributed by atoms with Crippen molar-refractivity contribution in [3.63, 3.8) is 0 Å². The first-order valence-corrected chi connectivity index (χ1v) is 14.4. The van der Waals surface area contributed by atoms with Crippen LogP contribution in [-0.4, -0.2) is 53.1 Å². The van der Waals surface area contributed by atoms with Gasteiger partial charge in [0.1, 0.15) is 11.6 Å². The molecule has 42 heavy (non-hydrogen) atoms. The number of halogens is 5. The van der Waals surface area contributed by atoms with Gasteiger partial charge in [0.05, 0.1) is 17.2 Å². The summed E-state index contributed by atoms with van der Waals surface area (Å²) in [5.41, 5.74) is 0.873. The number of amides is 1. The second-order valence-corrected chi connectivity index (χ2v) is 12.6. The second-order valence-electron chi connectivity index (χ2n) is 10.1. The number of nitrogens with one attached hydrogen (secondary N) is 2. The Morgan fingerprint density at radius 2 is 1.76 bits per heavy atom. The van der Waals surface area contributed by atoms with Crippen LogP contribution in [0.3, 0.4) is 0 Å². The lowest BCUT2D eigenvalue weighted by atomic mass is 10.0. The van der Waals surface area contributed by atoms with E-state index in [0.29, 0.717) is 24.4 Å². The largest absolute Gasteiger partial charge is 0.493 e. The molecule has 226 valence electrons. The van der Waals surface area contributed by atoms with Gasteiger partial charge in [0, 0.05) is 36.5 Å². The Kier molecular flexibility index (Phi) is 8.42. The minimum Gasteiger partial charge on any atom is -0.332 e. The highest BCUT2D eigenvalue weighted by Gasteiger charge is 2.46. The SMILES string of the molecule is C[C@@](CCn1cnc2cc(-c3ccc(CNC4CC4)cc3F)c(F)cc2c1=O)(C(=O)NOC(=O)C(F)(F)F)S(C)(=O)=O. The molecule has 0 unspecified atom stereocenters. The molecule has 0 bridgehead atoms. The smallest absolute Gasteiger partial charge is 0.332 e. The van der Waals surface area contributed by atoms with Crippen molar-refractivity contribution >= 4 is 32.6 Å². The van der Waals surface area contributed by atoms with Crippen molar-refractivity contribution in [2.45, 2.75) is 56.2 Å². The zero-order valence-corrected chi connectivity index (χ0v) is 23.0. The number of carbonyl (C=O) groups is 2. The predicted molar refractivity (Wildman–Crippen MR) is 139 cm³/mol. The number of rotatable bonds is 9. The van der Waals surface area contributed by atoms with Crippen LogP contribution in [0.1, 0.15) is 31.7 Å². The quantitative estimate of drug-likeness (QED) is 0.277. The summed E-state index contributed by atoms with van der Waals surface area (Å²) in [5, 5.41) is 3.02. The fourth-order valence-corrected chi connectivity index (χ4v) is 4.88. The summed E-state index contributed by atoms with van der Waals surface area (Å²) in [6.07, 6.45) is -2.36. The summed E-state index contributed by atoms with van der Waals surface area (Å²) in [5.74, 6) is -5.95. The molecule has 10 nitrogen and oxygen atoms in total. The van der Waals surface area contributed by atoms with E-state index >= 15 is 4.39 Å². The predicted octanol–water partition coefficient (Wildman–Crippen LogP) is 2.92. The maximum Gasteiger partial charge on any atom is 0.493 e. The molecule has 2 N–H and O–H groups in total. The van der Waals surface area contributed by atoms with E-state index in [-0.39, 0.29) is 22.0 Å². The number of alkyl halides is 3. The topological polar surface area (TPSA) is 136 Å². The van der Waals surface area contributed by atoms with Crippen molar-refractivity contribution in [3.05, 3.63) is 64.2 Å². The molecule has 0 radical (unpaired) electrons. The summed E-state index contributed by atoms with van der Waals surface area (Å²) >= 11 is 0. The van der Waals surface area contributed by atoms with E-state index in [1.165, 1.54) is 23.7 Å². The molecule has 1 aliphatic carbocycles. The van der Waals surface area contributed by atoms with E-state index in [9.17, 15) is 40.4 Å². The summed E-state index contributed by atoms with van der Waals surface area (Å²) < 4.78 is 90.3. The van der Waals surface area contributed by atoms with Gasteiger partial charge in [0.15, 0.2) is 14.6 Å². The van der Waals surface area contributed by atoms with Crippen LogP contribution in [-0.2, 0) is 37.4 Å². The zero-order chi connectivity index (χ0) is 31.0. The molecular formula is C26H25F5N4O6S. The van der Waals surface area contributed by atoms with Gasteiger partial charge in [0.2, 0.25) is 0 Å². The van der Waals surface area contributed by atoms with Gasteiger partial charge in [-0.2, -0.15) is 18.7 Å². The fourth-order valence-electron chi connectivity index (χ4n) is 4.04. The first-order valence-electron chi connectivity index (χ1n) is 12.5. The minimum absolute atomic E-state index is 0.00853. The van der Waals surface area contributed by atoms with Crippen LogP contribution in [0.25, 0.3) is 22.0 Å².